The van der Waals surface area contributed by atoms with E-state index in [1.807, 2.05) is 48.7 Å². The van der Waals surface area contributed by atoms with Gasteiger partial charge in [-0.1, -0.05) is 49.7 Å². The predicted molar refractivity (Wildman–Crippen MR) is 259 cm³/mol. The standard InChI is InChI=1S/C54H66ClN3O10/c1-35(33-68-48-16-22-56-46-12-3-7-36(2)50(46)48)27-39-30-38-14-15-43(32-45(38)53(39)18-20-54(21-19-53,52(62)63)58-41-10-5-9-40(55)31-41)65-23-6-13-49(59)57-47(51(60)61)29-37-8-4-11-42(28-37)66-24-17-44-34-64-25-26-67-44/h4-5,8-11,14-16,22,28,31-32,35-36,39,44,47,58H,3,6-7,12-13,17-21,23-27,29-30,33-34H2,1-2H3,(H,57,59)(H,60,61)(H,62,63)/t35-,36-,39+,44+,47?,53?,54?/m1/s1. The SMILES string of the molecule is C[C@@H](COc1ccnc2c1[C@H](C)CCC2)C[C@H]1Cc2ccc(OCCCC(=O)NC(Cc3cccc(OCC[C@H]4COCCO4)c3)C(=O)O)cc2C12CCC(Nc1cccc(Cl)c1)(C(=O)O)CC2. The number of carboxylic acid groups (broad SMARTS) is 2. The molecule has 1 aliphatic heterocycles. The summed E-state index contributed by atoms with van der Waals surface area (Å²) in [6, 6.07) is 21.6. The Balaban J connectivity index is 0.895. The molecule has 4 aliphatic rings. The first-order valence-corrected chi connectivity index (χ1v) is 24.8. The minimum atomic E-state index is -1.15. The zero-order valence-electron chi connectivity index (χ0n) is 39.3. The molecular weight excluding hydrogens is 886 g/mol. The number of pyridine rings is 1. The van der Waals surface area contributed by atoms with Crippen molar-refractivity contribution in [2.24, 2.45) is 11.8 Å². The maximum absolute atomic E-state index is 13.1. The zero-order chi connectivity index (χ0) is 47.7. The van der Waals surface area contributed by atoms with Gasteiger partial charge in [0.2, 0.25) is 5.91 Å². The van der Waals surface area contributed by atoms with Gasteiger partial charge >= 0.3 is 11.9 Å². The van der Waals surface area contributed by atoms with Crippen molar-refractivity contribution < 1.29 is 48.3 Å². The van der Waals surface area contributed by atoms with Crippen LogP contribution in [-0.4, -0.2) is 90.4 Å². The molecule has 13 nitrogen and oxygen atoms in total. The Kier molecular flexibility index (Phi) is 16.1. The largest absolute Gasteiger partial charge is 0.494 e. The lowest BCUT2D eigenvalue weighted by Gasteiger charge is -2.47. The van der Waals surface area contributed by atoms with Crippen molar-refractivity contribution in [3.05, 3.63) is 112 Å². The van der Waals surface area contributed by atoms with Gasteiger partial charge in [0.25, 0.3) is 0 Å². The number of fused-ring (bicyclic) bond motifs is 3. The number of carbonyl (C=O) groups is 3. The number of hydrogen-bond donors (Lipinski definition) is 4. The van der Waals surface area contributed by atoms with E-state index in [2.05, 4.69) is 41.6 Å². The third kappa shape index (κ3) is 11.9. The maximum Gasteiger partial charge on any atom is 0.329 e. The first-order valence-electron chi connectivity index (χ1n) is 24.5. The lowest BCUT2D eigenvalue weighted by molar-refractivity contribution is -0.144. The van der Waals surface area contributed by atoms with Gasteiger partial charge in [0.05, 0.1) is 45.7 Å². The van der Waals surface area contributed by atoms with Crippen LogP contribution in [0.2, 0.25) is 5.02 Å². The highest BCUT2D eigenvalue weighted by Crippen LogP contribution is 2.57. The smallest absolute Gasteiger partial charge is 0.329 e. The average Bonchev–Trinajstić information content (AvgIpc) is 3.61. The Bertz CT molecular complexity index is 2380. The molecule has 4 aromatic rings. The number of carbonyl (C=O) groups excluding carboxylic acids is 1. The van der Waals surface area contributed by atoms with Crippen LogP contribution in [0.4, 0.5) is 5.69 Å². The molecule has 68 heavy (non-hydrogen) atoms. The van der Waals surface area contributed by atoms with Gasteiger partial charge in [0.1, 0.15) is 28.8 Å². The Morgan fingerprint density at radius 2 is 1.75 bits per heavy atom. The lowest BCUT2D eigenvalue weighted by atomic mass is 9.59. The Labute approximate surface area is 404 Å². The summed E-state index contributed by atoms with van der Waals surface area (Å²) in [5.74, 6) is 0.795. The molecule has 1 aromatic heterocycles. The maximum atomic E-state index is 13.1. The van der Waals surface area contributed by atoms with Crippen molar-refractivity contribution in [3.63, 3.8) is 0 Å². The highest BCUT2D eigenvalue weighted by molar-refractivity contribution is 6.30. The van der Waals surface area contributed by atoms with Gasteiger partial charge in [-0.05, 0) is 153 Å². The second kappa shape index (κ2) is 22.4. The number of aryl methyl sites for hydroxylation is 1. The molecule has 1 amide bonds. The molecule has 1 unspecified atom stereocenters. The van der Waals surface area contributed by atoms with E-state index in [1.165, 1.54) is 16.7 Å². The number of anilines is 1. The van der Waals surface area contributed by atoms with Crippen molar-refractivity contribution >= 4 is 35.1 Å². The summed E-state index contributed by atoms with van der Waals surface area (Å²) in [6.07, 6.45) is 10.4. The summed E-state index contributed by atoms with van der Waals surface area (Å²) in [6.45, 7) is 7.50. The van der Waals surface area contributed by atoms with E-state index in [-0.39, 0.29) is 48.7 Å². The molecule has 8 rings (SSSR count). The van der Waals surface area contributed by atoms with E-state index in [1.54, 1.807) is 18.2 Å². The monoisotopic (exact) mass is 951 g/mol. The molecular formula is C54H66ClN3O10. The van der Waals surface area contributed by atoms with Crippen molar-refractivity contribution in [1.82, 2.24) is 10.3 Å². The van der Waals surface area contributed by atoms with Crippen LogP contribution in [0.3, 0.4) is 0 Å². The van der Waals surface area contributed by atoms with E-state index in [4.69, 9.17) is 35.3 Å². The van der Waals surface area contributed by atoms with Crippen LogP contribution in [0.15, 0.2) is 79.0 Å². The van der Waals surface area contributed by atoms with Crippen LogP contribution in [-0.2, 0) is 48.5 Å². The quantitative estimate of drug-likeness (QED) is 0.0584. The summed E-state index contributed by atoms with van der Waals surface area (Å²) in [5.41, 5.74) is 4.84. The molecule has 1 spiro atoms. The number of hydrogen-bond acceptors (Lipinski definition) is 10. The van der Waals surface area contributed by atoms with E-state index in [0.717, 1.165) is 49.1 Å². The summed E-state index contributed by atoms with van der Waals surface area (Å²) in [4.78, 5) is 43.1. The minimum Gasteiger partial charge on any atom is -0.494 e. The molecule has 2 fully saturated rings. The number of aromatic nitrogens is 1. The second-order valence-electron chi connectivity index (χ2n) is 19.5. The van der Waals surface area contributed by atoms with Crippen LogP contribution < -0.4 is 24.8 Å². The third-order valence-corrected chi connectivity index (χ3v) is 14.9. The number of rotatable bonds is 21. The topological polar surface area (TPSA) is 175 Å². The zero-order valence-corrected chi connectivity index (χ0v) is 40.1. The third-order valence-electron chi connectivity index (χ3n) is 14.6. The number of nitrogens with one attached hydrogen (secondary N) is 2. The first-order chi connectivity index (χ1) is 32.9. The minimum absolute atomic E-state index is 0.00813. The number of ether oxygens (including phenoxy) is 5. The van der Waals surface area contributed by atoms with Crippen molar-refractivity contribution in [2.75, 3.05) is 45.0 Å². The Morgan fingerprint density at radius 3 is 2.53 bits per heavy atom. The van der Waals surface area contributed by atoms with Crippen LogP contribution in [0.25, 0.3) is 0 Å². The van der Waals surface area contributed by atoms with Gasteiger partial charge in [0.15, 0.2) is 0 Å². The fourth-order valence-electron chi connectivity index (χ4n) is 11.1. The predicted octanol–water partition coefficient (Wildman–Crippen LogP) is 9.36. The van der Waals surface area contributed by atoms with Gasteiger partial charge in [-0.25, -0.2) is 9.59 Å². The molecule has 0 bridgehead atoms. The lowest BCUT2D eigenvalue weighted by Crippen LogP contribution is -2.53. The Hall–Kier alpha value is -5.37. The highest BCUT2D eigenvalue weighted by atomic mass is 35.5. The number of nitrogens with zero attached hydrogens (tertiary/aromatic N) is 1. The van der Waals surface area contributed by atoms with Crippen LogP contribution in [0.1, 0.15) is 112 Å². The highest BCUT2D eigenvalue weighted by Gasteiger charge is 2.54. The van der Waals surface area contributed by atoms with Gasteiger partial charge < -0.3 is 44.5 Å². The number of amides is 1. The van der Waals surface area contributed by atoms with Crippen LogP contribution in [0, 0.1) is 11.8 Å². The number of halogens is 1. The summed E-state index contributed by atoms with van der Waals surface area (Å²) in [5, 5.41) is 27.4. The van der Waals surface area contributed by atoms with Crippen LogP contribution >= 0.6 is 11.6 Å². The summed E-state index contributed by atoms with van der Waals surface area (Å²) < 4.78 is 29.9. The van der Waals surface area contributed by atoms with Crippen molar-refractivity contribution in [2.45, 2.75) is 126 Å². The van der Waals surface area contributed by atoms with Gasteiger partial charge in [-0.3, -0.25) is 9.78 Å². The molecule has 14 heteroatoms. The average molecular weight is 953 g/mol. The Morgan fingerprint density at radius 1 is 0.941 bits per heavy atom. The van der Waals surface area contributed by atoms with Crippen LogP contribution in [0.5, 0.6) is 17.2 Å². The van der Waals surface area contributed by atoms with E-state index in [9.17, 15) is 24.6 Å². The molecule has 1 saturated heterocycles. The van der Waals surface area contributed by atoms with E-state index < -0.39 is 23.5 Å². The number of aliphatic carboxylic acids is 2. The summed E-state index contributed by atoms with van der Waals surface area (Å²) in [7, 11) is 0. The van der Waals surface area contributed by atoms with Gasteiger partial charge in [-0.2, -0.15) is 0 Å². The van der Waals surface area contributed by atoms with Gasteiger partial charge in [0, 0.05) is 47.4 Å². The second-order valence-corrected chi connectivity index (χ2v) is 19.9. The first kappa shape index (κ1) is 49.1. The summed E-state index contributed by atoms with van der Waals surface area (Å²) >= 11 is 6.32. The fourth-order valence-corrected chi connectivity index (χ4v) is 11.3. The molecule has 0 radical (unpaired) electrons. The van der Waals surface area contributed by atoms with Gasteiger partial charge in [-0.15, -0.1) is 0 Å². The number of benzene rings is 3. The molecule has 3 aliphatic carbocycles. The fraction of sp³-hybridized carbons (Fsp3) is 0.519. The van der Waals surface area contributed by atoms with E-state index >= 15 is 0 Å². The molecule has 1 saturated carbocycles. The molecule has 2 heterocycles. The molecule has 3 aromatic carbocycles. The van der Waals surface area contributed by atoms with Crippen molar-refractivity contribution in [3.8, 4) is 17.2 Å². The van der Waals surface area contributed by atoms with E-state index in [0.29, 0.717) is 99.7 Å². The van der Waals surface area contributed by atoms with Crippen molar-refractivity contribution in [1.29, 1.82) is 0 Å². The molecule has 5 atom stereocenters. The number of carboxylic acids is 2. The molecule has 4 N–H and O–H groups in total. The normalized spacial score (nSPS) is 24.0. The molecule has 364 valence electrons.